The zero-order chi connectivity index (χ0) is 7.90. The van der Waals surface area contributed by atoms with E-state index in [-0.39, 0.29) is 5.41 Å². The van der Waals surface area contributed by atoms with Crippen LogP contribution in [0.5, 0.6) is 0 Å². The molecule has 0 aromatic rings. The lowest BCUT2D eigenvalue weighted by molar-refractivity contribution is -0.0166. The second kappa shape index (κ2) is 2.46. The van der Waals surface area contributed by atoms with E-state index in [2.05, 4.69) is 12.2 Å². The van der Waals surface area contributed by atoms with Crippen molar-refractivity contribution in [2.45, 2.75) is 32.2 Å². The fourth-order valence-corrected chi connectivity index (χ4v) is 2.59. The van der Waals surface area contributed by atoms with Gasteiger partial charge in [0.05, 0.1) is 6.61 Å². The van der Waals surface area contributed by atoms with Crippen molar-refractivity contribution in [3.63, 3.8) is 0 Å². The molecule has 3 aliphatic rings. The van der Waals surface area contributed by atoms with E-state index in [1.807, 2.05) is 0 Å². The van der Waals surface area contributed by atoms with Crippen LogP contribution in [0, 0.1) is 11.3 Å². The van der Waals surface area contributed by atoms with Crippen molar-refractivity contribution in [3.8, 4) is 0 Å². The monoisotopic (exact) mass is 155 g/mol. The molecule has 3 fully saturated rings. The van der Waals surface area contributed by atoms with E-state index in [0.717, 1.165) is 12.6 Å². The lowest BCUT2D eigenvalue weighted by Crippen LogP contribution is -2.57. The zero-order valence-electron chi connectivity index (χ0n) is 7.14. The number of aliphatic hydroxyl groups is 1. The van der Waals surface area contributed by atoms with Gasteiger partial charge in [-0.15, -0.1) is 0 Å². The van der Waals surface area contributed by atoms with Crippen molar-refractivity contribution in [1.29, 1.82) is 0 Å². The average Bonchev–Trinajstić information content (AvgIpc) is 2.07. The van der Waals surface area contributed by atoms with Crippen LogP contribution in [0.1, 0.15) is 26.2 Å². The summed E-state index contributed by atoms with van der Waals surface area (Å²) in [6.07, 6.45) is 3.76. The fraction of sp³-hybridized carbons (Fsp3) is 1.00. The van der Waals surface area contributed by atoms with Gasteiger partial charge in [0.2, 0.25) is 0 Å². The molecule has 2 N–H and O–H groups in total. The Bertz CT molecular complexity index is 150. The lowest BCUT2D eigenvalue weighted by Gasteiger charge is -2.50. The summed E-state index contributed by atoms with van der Waals surface area (Å²) in [6.45, 7) is 3.69. The van der Waals surface area contributed by atoms with Crippen LogP contribution in [0.15, 0.2) is 0 Å². The molecule has 0 spiro atoms. The Kier molecular flexibility index (Phi) is 1.69. The van der Waals surface area contributed by atoms with Crippen LogP contribution in [-0.2, 0) is 0 Å². The summed E-state index contributed by atoms with van der Waals surface area (Å²) in [5.74, 6) is 0.715. The van der Waals surface area contributed by atoms with Gasteiger partial charge in [0.25, 0.3) is 0 Å². The highest BCUT2D eigenvalue weighted by atomic mass is 16.3. The van der Waals surface area contributed by atoms with Gasteiger partial charge in [0.15, 0.2) is 0 Å². The first-order valence-corrected chi connectivity index (χ1v) is 4.61. The van der Waals surface area contributed by atoms with Gasteiger partial charge < -0.3 is 10.4 Å². The molecule has 11 heavy (non-hydrogen) atoms. The van der Waals surface area contributed by atoms with Crippen LogP contribution >= 0.6 is 0 Å². The van der Waals surface area contributed by atoms with Crippen LogP contribution < -0.4 is 5.32 Å². The van der Waals surface area contributed by atoms with Crippen molar-refractivity contribution in [2.24, 2.45) is 11.3 Å². The van der Waals surface area contributed by atoms with Gasteiger partial charge in [-0.3, -0.25) is 0 Å². The Hall–Kier alpha value is -0.0800. The molecule has 64 valence electrons. The first-order chi connectivity index (χ1) is 5.27. The van der Waals surface area contributed by atoms with Crippen molar-refractivity contribution >= 4 is 0 Å². The zero-order valence-corrected chi connectivity index (χ0v) is 7.14. The molecular weight excluding hydrogens is 138 g/mol. The topological polar surface area (TPSA) is 32.3 Å². The first-order valence-electron chi connectivity index (χ1n) is 4.61. The third-order valence-electron chi connectivity index (χ3n) is 3.73. The summed E-state index contributed by atoms with van der Waals surface area (Å²) in [5.41, 5.74) is 0.231. The smallest absolute Gasteiger partial charge is 0.0502 e. The van der Waals surface area contributed by atoms with Crippen molar-refractivity contribution in [3.05, 3.63) is 0 Å². The molecule has 2 heterocycles. The van der Waals surface area contributed by atoms with Crippen molar-refractivity contribution in [2.75, 3.05) is 13.2 Å². The largest absolute Gasteiger partial charge is 0.396 e. The number of piperidine rings is 2. The maximum Gasteiger partial charge on any atom is 0.0502 e. The van der Waals surface area contributed by atoms with Gasteiger partial charge in [-0.25, -0.2) is 0 Å². The van der Waals surface area contributed by atoms with Crippen LogP contribution in [0.4, 0.5) is 0 Å². The van der Waals surface area contributed by atoms with Crippen LogP contribution in [0.2, 0.25) is 0 Å². The maximum absolute atomic E-state index is 9.30. The minimum absolute atomic E-state index is 0.231. The molecule has 0 unspecified atom stereocenters. The molecular formula is C9H17NO. The van der Waals surface area contributed by atoms with Crippen molar-refractivity contribution in [1.82, 2.24) is 5.32 Å². The molecule has 2 saturated heterocycles. The molecule has 2 bridgehead atoms. The predicted molar refractivity (Wildman–Crippen MR) is 44.3 cm³/mol. The number of aliphatic hydroxyl groups excluding tert-OH is 1. The second-order valence-corrected chi connectivity index (χ2v) is 4.27. The van der Waals surface area contributed by atoms with Crippen LogP contribution in [0.25, 0.3) is 0 Å². The van der Waals surface area contributed by atoms with Gasteiger partial charge in [0, 0.05) is 18.0 Å². The van der Waals surface area contributed by atoms with E-state index in [4.69, 9.17) is 0 Å². The SMILES string of the molecule is C[C@@H]1C[C@@H]2CC[C@]1(CO)CN2. The van der Waals surface area contributed by atoms with Crippen LogP contribution in [0.3, 0.4) is 0 Å². The Morgan fingerprint density at radius 2 is 2.45 bits per heavy atom. The lowest BCUT2D eigenvalue weighted by atomic mass is 9.63. The van der Waals surface area contributed by atoms with E-state index in [0.29, 0.717) is 12.5 Å². The third kappa shape index (κ3) is 1.00. The Morgan fingerprint density at radius 3 is 2.82 bits per heavy atom. The molecule has 2 aliphatic heterocycles. The third-order valence-corrected chi connectivity index (χ3v) is 3.73. The number of nitrogens with one attached hydrogen (secondary N) is 1. The van der Waals surface area contributed by atoms with Gasteiger partial charge in [-0.1, -0.05) is 6.92 Å². The average molecular weight is 155 g/mol. The number of fused-ring (bicyclic) bond motifs is 3. The summed E-state index contributed by atoms with van der Waals surface area (Å²) < 4.78 is 0. The summed E-state index contributed by atoms with van der Waals surface area (Å²) >= 11 is 0. The highest BCUT2D eigenvalue weighted by molar-refractivity contribution is 4.99. The minimum Gasteiger partial charge on any atom is -0.396 e. The summed E-state index contributed by atoms with van der Waals surface area (Å²) in [5, 5.41) is 12.8. The first kappa shape index (κ1) is 7.56. The molecule has 0 aromatic heterocycles. The number of hydrogen-bond acceptors (Lipinski definition) is 2. The number of rotatable bonds is 1. The second-order valence-electron chi connectivity index (χ2n) is 4.27. The highest BCUT2D eigenvalue weighted by Gasteiger charge is 2.44. The quantitative estimate of drug-likeness (QED) is 0.586. The summed E-state index contributed by atoms with van der Waals surface area (Å²) in [7, 11) is 0. The Balaban J connectivity index is 2.16. The summed E-state index contributed by atoms with van der Waals surface area (Å²) in [4.78, 5) is 0. The summed E-state index contributed by atoms with van der Waals surface area (Å²) in [6, 6.07) is 0.749. The molecule has 1 saturated carbocycles. The Morgan fingerprint density at radius 1 is 1.64 bits per heavy atom. The minimum atomic E-state index is 0.231. The van der Waals surface area contributed by atoms with Gasteiger partial charge in [0.1, 0.15) is 0 Å². The fourth-order valence-electron chi connectivity index (χ4n) is 2.59. The standard InChI is InChI=1S/C9H17NO/c1-7-4-8-2-3-9(7,6-11)5-10-8/h7-8,10-11H,2-6H2,1H3/t7-,8+,9-/m1/s1. The van der Waals surface area contributed by atoms with E-state index in [1.54, 1.807) is 0 Å². The van der Waals surface area contributed by atoms with Crippen LogP contribution in [-0.4, -0.2) is 24.3 Å². The molecule has 2 heteroatoms. The molecule has 0 aromatic carbocycles. The van der Waals surface area contributed by atoms with Gasteiger partial charge >= 0.3 is 0 Å². The normalized spacial score (nSPS) is 49.6. The van der Waals surface area contributed by atoms with E-state index < -0.39 is 0 Å². The van der Waals surface area contributed by atoms with E-state index in [1.165, 1.54) is 19.3 Å². The highest BCUT2D eigenvalue weighted by Crippen LogP contribution is 2.43. The molecule has 3 rings (SSSR count). The molecule has 3 atom stereocenters. The predicted octanol–water partition coefficient (Wildman–Crippen LogP) is 0.757. The molecule has 1 aliphatic carbocycles. The van der Waals surface area contributed by atoms with E-state index >= 15 is 0 Å². The maximum atomic E-state index is 9.30. The van der Waals surface area contributed by atoms with Gasteiger partial charge in [-0.2, -0.15) is 0 Å². The van der Waals surface area contributed by atoms with E-state index in [9.17, 15) is 5.11 Å². The molecule has 2 nitrogen and oxygen atoms in total. The van der Waals surface area contributed by atoms with Gasteiger partial charge in [-0.05, 0) is 25.2 Å². The molecule has 0 radical (unpaired) electrons. The Labute approximate surface area is 68.0 Å². The van der Waals surface area contributed by atoms with Crippen molar-refractivity contribution < 1.29 is 5.11 Å². The number of hydrogen-bond donors (Lipinski definition) is 2. The molecule has 0 amide bonds.